The van der Waals surface area contributed by atoms with Gasteiger partial charge in [-0.1, -0.05) is 0 Å². The average Bonchev–Trinajstić information content (AvgIpc) is 3.05. The van der Waals surface area contributed by atoms with Crippen molar-refractivity contribution in [2.24, 2.45) is 0 Å². The van der Waals surface area contributed by atoms with Crippen molar-refractivity contribution in [3.05, 3.63) is 0 Å². The van der Waals surface area contributed by atoms with E-state index in [1.165, 1.54) is 25.9 Å². The first-order chi connectivity index (χ1) is 8.33. The second-order valence-electron chi connectivity index (χ2n) is 5.70. The van der Waals surface area contributed by atoms with Gasteiger partial charge in [-0.05, 0) is 45.1 Å². The molecule has 2 saturated heterocycles. The topological polar surface area (TPSA) is 44.4 Å². The number of piperidine rings is 1. The zero-order valence-corrected chi connectivity index (χ0v) is 10.5. The third kappa shape index (κ3) is 2.80. The molecule has 2 heterocycles. The van der Waals surface area contributed by atoms with Gasteiger partial charge < -0.3 is 15.5 Å². The fourth-order valence-corrected chi connectivity index (χ4v) is 3.06. The smallest absolute Gasteiger partial charge is 0.237 e. The number of rotatable bonds is 3. The van der Waals surface area contributed by atoms with Gasteiger partial charge in [0.2, 0.25) is 5.91 Å². The fraction of sp³-hybridized carbons (Fsp3) is 0.923. The molecule has 3 fully saturated rings. The minimum atomic E-state index is 0.0801. The van der Waals surface area contributed by atoms with Crippen molar-refractivity contribution in [3.63, 3.8) is 0 Å². The van der Waals surface area contributed by atoms with Crippen LogP contribution < -0.4 is 10.6 Å². The molecule has 1 amide bonds. The Bertz CT molecular complexity index is 276. The van der Waals surface area contributed by atoms with Crippen molar-refractivity contribution in [2.75, 3.05) is 19.6 Å². The molecule has 2 N–H and O–H groups in total. The Labute approximate surface area is 103 Å². The van der Waals surface area contributed by atoms with E-state index in [9.17, 15) is 4.79 Å². The predicted octanol–water partition coefficient (Wildman–Crippen LogP) is 0.481. The van der Waals surface area contributed by atoms with E-state index in [1.54, 1.807) is 0 Å². The van der Waals surface area contributed by atoms with Gasteiger partial charge in [0.25, 0.3) is 0 Å². The summed E-state index contributed by atoms with van der Waals surface area (Å²) < 4.78 is 0. The third-order valence-corrected chi connectivity index (χ3v) is 4.32. The molecule has 0 unspecified atom stereocenters. The molecule has 96 valence electrons. The van der Waals surface area contributed by atoms with Crippen molar-refractivity contribution < 1.29 is 4.79 Å². The highest BCUT2D eigenvalue weighted by atomic mass is 16.2. The summed E-state index contributed by atoms with van der Waals surface area (Å²) in [5.74, 6) is 0.229. The van der Waals surface area contributed by atoms with Crippen molar-refractivity contribution in [2.45, 2.75) is 56.7 Å². The van der Waals surface area contributed by atoms with Gasteiger partial charge >= 0.3 is 0 Å². The lowest BCUT2D eigenvalue weighted by atomic mass is 10.0. The zero-order chi connectivity index (χ0) is 11.7. The minimum Gasteiger partial charge on any atom is -0.352 e. The maximum absolute atomic E-state index is 12.0. The lowest BCUT2D eigenvalue weighted by Crippen LogP contribution is -2.49. The highest BCUT2D eigenvalue weighted by Gasteiger charge is 2.32. The summed E-state index contributed by atoms with van der Waals surface area (Å²) in [4.78, 5) is 14.5. The Morgan fingerprint density at radius 2 is 1.88 bits per heavy atom. The highest BCUT2D eigenvalue weighted by molar-refractivity contribution is 5.82. The predicted molar refractivity (Wildman–Crippen MR) is 66.8 cm³/mol. The van der Waals surface area contributed by atoms with Gasteiger partial charge in [0.15, 0.2) is 0 Å². The summed E-state index contributed by atoms with van der Waals surface area (Å²) in [6.45, 7) is 3.35. The Morgan fingerprint density at radius 3 is 2.47 bits per heavy atom. The first kappa shape index (κ1) is 11.5. The molecule has 3 rings (SSSR count). The van der Waals surface area contributed by atoms with Gasteiger partial charge in [0.05, 0.1) is 6.04 Å². The standard InChI is InChI=1S/C13H23N3O/c17-13(12-2-1-7-14-12)15-10-5-8-16(9-6-10)11-3-4-11/h10-12,14H,1-9H2,(H,15,17)/t12-/m0/s1. The van der Waals surface area contributed by atoms with E-state index < -0.39 is 0 Å². The summed E-state index contributed by atoms with van der Waals surface area (Å²) in [6.07, 6.45) is 7.20. The number of carbonyl (C=O) groups is 1. The summed E-state index contributed by atoms with van der Waals surface area (Å²) in [5, 5.41) is 6.47. The SMILES string of the molecule is O=C(NC1CCN(C2CC2)CC1)[C@@H]1CCCN1. The molecular formula is C13H23N3O. The van der Waals surface area contributed by atoms with Crippen LogP contribution in [0.25, 0.3) is 0 Å². The average molecular weight is 237 g/mol. The van der Waals surface area contributed by atoms with Crippen molar-refractivity contribution >= 4 is 5.91 Å². The van der Waals surface area contributed by atoms with Gasteiger partial charge in [-0.25, -0.2) is 0 Å². The summed E-state index contributed by atoms with van der Waals surface area (Å²) in [6, 6.07) is 1.37. The first-order valence-electron chi connectivity index (χ1n) is 7.11. The van der Waals surface area contributed by atoms with Gasteiger partial charge in [-0.3, -0.25) is 4.79 Å². The fourth-order valence-electron chi connectivity index (χ4n) is 3.06. The van der Waals surface area contributed by atoms with E-state index in [0.29, 0.717) is 6.04 Å². The monoisotopic (exact) mass is 237 g/mol. The van der Waals surface area contributed by atoms with Gasteiger partial charge in [0, 0.05) is 25.2 Å². The molecular weight excluding hydrogens is 214 g/mol. The number of nitrogens with zero attached hydrogens (tertiary/aromatic N) is 1. The lowest BCUT2D eigenvalue weighted by molar-refractivity contribution is -0.123. The van der Waals surface area contributed by atoms with Crippen LogP contribution in [0.4, 0.5) is 0 Å². The molecule has 1 atom stereocenters. The van der Waals surface area contributed by atoms with Crippen LogP contribution in [0.3, 0.4) is 0 Å². The molecule has 1 saturated carbocycles. The molecule has 0 aromatic carbocycles. The van der Waals surface area contributed by atoms with Crippen molar-refractivity contribution in [3.8, 4) is 0 Å². The Hall–Kier alpha value is -0.610. The molecule has 17 heavy (non-hydrogen) atoms. The number of hydrogen-bond donors (Lipinski definition) is 2. The number of nitrogens with one attached hydrogen (secondary N) is 2. The third-order valence-electron chi connectivity index (χ3n) is 4.32. The number of likely N-dealkylation sites (tertiary alicyclic amines) is 1. The molecule has 1 aliphatic carbocycles. The Balaban J connectivity index is 1.41. The molecule has 2 aliphatic heterocycles. The summed E-state index contributed by atoms with van der Waals surface area (Å²) in [5.41, 5.74) is 0. The zero-order valence-electron chi connectivity index (χ0n) is 10.5. The maximum Gasteiger partial charge on any atom is 0.237 e. The second kappa shape index (κ2) is 4.94. The van der Waals surface area contributed by atoms with Crippen molar-refractivity contribution in [1.82, 2.24) is 15.5 Å². The van der Waals surface area contributed by atoms with Gasteiger partial charge in [-0.15, -0.1) is 0 Å². The number of hydrogen-bond acceptors (Lipinski definition) is 3. The van der Waals surface area contributed by atoms with Gasteiger partial charge in [0.1, 0.15) is 0 Å². The molecule has 4 nitrogen and oxygen atoms in total. The lowest BCUT2D eigenvalue weighted by Gasteiger charge is -2.32. The quantitative estimate of drug-likeness (QED) is 0.750. The van der Waals surface area contributed by atoms with Crippen LogP contribution in [0.5, 0.6) is 0 Å². The van der Waals surface area contributed by atoms with Crippen LogP contribution in [0.1, 0.15) is 38.5 Å². The van der Waals surface area contributed by atoms with Crippen LogP contribution in [-0.4, -0.2) is 48.6 Å². The molecule has 4 heteroatoms. The normalized spacial score (nSPS) is 31.6. The minimum absolute atomic E-state index is 0.0801. The van der Waals surface area contributed by atoms with Crippen LogP contribution in [-0.2, 0) is 4.79 Å². The Kier molecular flexibility index (Phi) is 3.34. The summed E-state index contributed by atoms with van der Waals surface area (Å²) in [7, 11) is 0. The van der Waals surface area contributed by atoms with Crippen LogP contribution >= 0.6 is 0 Å². The van der Waals surface area contributed by atoms with Crippen LogP contribution in [0, 0.1) is 0 Å². The van der Waals surface area contributed by atoms with E-state index in [4.69, 9.17) is 0 Å². The van der Waals surface area contributed by atoms with E-state index >= 15 is 0 Å². The molecule has 0 aromatic heterocycles. The molecule has 0 bridgehead atoms. The van der Waals surface area contributed by atoms with Gasteiger partial charge in [-0.2, -0.15) is 0 Å². The molecule has 0 aromatic rings. The van der Waals surface area contributed by atoms with E-state index in [-0.39, 0.29) is 11.9 Å². The number of carbonyl (C=O) groups excluding carboxylic acids is 1. The summed E-state index contributed by atoms with van der Waals surface area (Å²) >= 11 is 0. The molecule has 0 radical (unpaired) electrons. The first-order valence-corrected chi connectivity index (χ1v) is 7.11. The van der Waals surface area contributed by atoms with Crippen molar-refractivity contribution in [1.29, 1.82) is 0 Å². The second-order valence-corrected chi connectivity index (χ2v) is 5.70. The van der Waals surface area contributed by atoms with Crippen LogP contribution in [0.15, 0.2) is 0 Å². The highest BCUT2D eigenvalue weighted by Crippen LogP contribution is 2.29. The number of amides is 1. The van der Waals surface area contributed by atoms with Crippen LogP contribution in [0.2, 0.25) is 0 Å². The van der Waals surface area contributed by atoms with E-state index in [0.717, 1.165) is 38.3 Å². The molecule has 3 aliphatic rings. The molecule has 0 spiro atoms. The van der Waals surface area contributed by atoms with E-state index in [1.807, 2.05) is 0 Å². The largest absolute Gasteiger partial charge is 0.352 e. The Morgan fingerprint density at radius 1 is 1.12 bits per heavy atom. The maximum atomic E-state index is 12.0. The van der Waals surface area contributed by atoms with E-state index in [2.05, 4.69) is 15.5 Å².